The van der Waals surface area contributed by atoms with Crippen molar-refractivity contribution in [3.8, 4) is 0 Å². The summed E-state index contributed by atoms with van der Waals surface area (Å²) in [6.07, 6.45) is 0. The zero-order valence-corrected chi connectivity index (χ0v) is 15.8. The van der Waals surface area contributed by atoms with Crippen molar-refractivity contribution in [3.05, 3.63) is 30.3 Å². The maximum absolute atomic E-state index is 11.3. The van der Waals surface area contributed by atoms with Gasteiger partial charge in [0.05, 0.1) is 9.79 Å². The molecule has 0 spiro atoms. The van der Waals surface area contributed by atoms with E-state index in [2.05, 4.69) is 0 Å². The fraction of sp³-hybridized carbons (Fsp3) is 0. The van der Waals surface area contributed by atoms with Crippen molar-refractivity contribution in [1.82, 2.24) is 0 Å². The van der Waals surface area contributed by atoms with Gasteiger partial charge in [0.25, 0.3) is 20.2 Å². The Balaban J connectivity index is 0.00000264. The van der Waals surface area contributed by atoms with Gasteiger partial charge in [-0.25, -0.2) is 8.42 Å². The minimum Gasteiger partial charge on any atom is -0.744 e. The second-order valence-corrected chi connectivity index (χ2v) is 8.34. The minimum atomic E-state index is -5.18. The molecule has 13 heteroatoms. The largest absolute Gasteiger partial charge is 1.00 e. The van der Waals surface area contributed by atoms with Crippen molar-refractivity contribution < 1.29 is 68.5 Å². The minimum absolute atomic E-state index is 0. The van der Waals surface area contributed by atoms with Crippen LogP contribution in [-0.4, -0.2) is 38.9 Å². The molecule has 120 valence electrons. The molecular weight excluding hydrogens is 383 g/mol. The number of rotatable bonds is 3. The summed E-state index contributed by atoms with van der Waals surface area (Å²) >= 11 is 0. The van der Waals surface area contributed by atoms with Gasteiger partial charge < -0.3 is 4.55 Å². The molecule has 0 saturated carbocycles. The Hall–Kier alpha value is -0.570. The zero-order chi connectivity index (χ0) is 16.9. The van der Waals surface area contributed by atoms with Gasteiger partial charge >= 0.3 is 29.6 Å². The monoisotopic (exact) mass is 390 g/mol. The first-order valence-electron chi connectivity index (χ1n) is 5.29. The van der Waals surface area contributed by atoms with Crippen LogP contribution in [0.25, 0.3) is 10.8 Å². The summed E-state index contributed by atoms with van der Waals surface area (Å²) in [4.78, 5) is -2.84. The SMILES string of the molecule is O=S(=O)([O-])c1cc(S(=O)(=O)O)cc2c(S(=O)(=O)O)cccc12.[Na+]. The molecule has 0 atom stereocenters. The molecule has 0 radical (unpaired) electrons. The van der Waals surface area contributed by atoms with Crippen molar-refractivity contribution in [1.29, 1.82) is 0 Å². The average Bonchev–Trinajstić information content (AvgIpc) is 2.33. The van der Waals surface area contributed by atoms with Crippen LogP contribution in [0.4, 0.5) is 0 Å². The second kappa shape index (κ2) is 6.38. The van der Waals surface area contributed by atoms with E-state index in [1.165, 1.54) is 0 Å². The summed E-state index contributed by atoms with van der Waals surface area (Å²) in [6, 6.07) is 4.05. The summed E-state index contributed by atoms with van der Waals surface area (Å²) < 4.78 is 96.7. The molecule has 23 heavy (non-hydrogen) atoms. The van der Waals surface area contributed by atoms with Crippen molar-refractivity contribution in [2.24, 2.45) is 0 Å². The second-order valence-electron chi connectivity index (χ2n) is 4.18. The molecule has 0 fully saturated rings. The zero-order valence-electron chi connectivity index (χ0n) is 11.4. The molecule has 9 nitrogen and oxygen atoms in total. The quantitative estimate of drug-likeness (QED) is 0.417. The third-order valence-corrected chi connectivity index (χ3v) is 5.36. The Kier molecular flexibility index (Phi) is 5.68. The van der Waals surface area contributed by atoms with Crippen molar-refractivity contribution in [2.45, 2.75) is 14.7 Å². The van der Waals surface area contributed by atoms with Crippen LogP contribution in [0.3, 0.4) is 0 Å². The van der Waals surface area contributed by atoms with Gasteiger partial charge in [-0.3, -0.25) is 9.11 Å². The Morgan fingerprint density at radius 3 is 1.78 bits per heavy atom. The molecule has 0 unspecified atom stereocenters. The van der Waals surface area contributed by atoms with E-state index in [-0.39, 0.29) is 29.6 Å². The first-order chi connectivity index (χ1) is 9.82. The summed E-state index contributed by atoms with van der Waals surface area (Å²) in [5.74, 6) is 0. The molecule has 0 amide bonds. The molecule has 0 aliphatic carbocycles. The van der Waals surface area contributed by atoms with Gasteiger partial charge in [0.2, 0.25) is 0 Å². The summed E-state index contributed by atoms with van der Waals surface area (Å²) in [5, 5.41) is -0.938. The van der Waals surface area contributed by atoms with Crippen LogP contribution in [0.5, 0.6) is 0 Å². The van der Waals surface area contributed by atoms with Crippen molar-refractivity contribution in [3.63, 3.8) is 0 Å². The van der Waals surface area contributed by atoms with Gasteiger partial charge in [-0.2, -0.15) is 16.8 Å². The predicted octanol–water partition coefficient (Wildman–Crippen LogP) is -2.76. The van der Waals surface area contributed by atoms with Crippen LogP contribution >= 0.6 is 0 Å². The van der Waals surface area contributed by atoms with Crippen LogP contribution in [0.1, 0.15) is 0 Å². The van der Waals surface area contributed by atoms with E-state index < -0.39 is 55.8 Å². The first-order valence-corrected chi connectivity index (χ1v) is 9.58. The van der Waals surface area contributed by atoms with E-state index in [4.69, 9.17) is 9.11 Å². The van der Waals surface area contributed by atoms with E-state index in [0.29, 0.717) is 12.1 Å². The molecule has 0 heterocycles. The van der Waals surface area contributed by atoms with Crippen molar-refractivity contribution in [2.75, 3.05) is 0 Å². The molecule has 0 saturated heterocycles. The van der Waals surface area contributed by atoms with Gasteiger partial charge in [0, 0.05) is 10.8 Å². The molecule has 2 N–H and O–H groups in total. The van der Waals surface area contributed by atoms with Gasteiger partial charge in [-0.1, -0.05) is 12.1 Å². The van der Waals surface area contributed by atoms with Crippen LogP contribution in [0.2, 0.25) is 0 Å². The maximum Gasteiger partial charge on any atom is 1.00 e. The molecule has 2 rings (SSSR count). The van der Waals surface area contributed by atoms with E-state index in [0.717, 1.165) is 18.2 Å². The van der Waals surface area contributed by atoms with Crippen molar-refractivity contribution >= 4 is 41.1 Å². The van der Waals surface area contributed by atoms with Crippen LogP contribution < -0.4 is 29.6 Å². The summed E-state index contributed by atoms with van der Waals surface area (Å²) in [5.41, 5.74) is 0. The van der Waals surface area contributed by atoms with Gasteiger partial charge in [0.1, 0.15) is 15.0 Å². The van der Waals surface area contributed by atoms with Gasteiger partial charge in [0.15, 0.2) is 0 Å². The molecular formula is C10H7NaO9S3. The van der Waals surface area contributed by atoms with Gasteiger partial charge in [-0.05, 0) is 18.2 Å². The normalized spacial score (nSPS) is 12.8. The molecule has 0 aliphatic rings. The third kappa shape index (κ3) is 4.29. The van der Waals surface area contributed by atoms with Gasteiger partial charge in [-0.15, -0.1) is 0 Å². The number of benzene rings is 2. The maximum atomic E-state index is 11.3. The predicted molar refractivity (Wildman–Crippen MR) is 71.5 cm³/mol. The number of fused-ring (bicyclic) bond motifs is 1. The first kappa shape index (κ1) is 20.5. The fourth-order valence-electron chi connectivity index (χ4n) is 1.88. The smallest absolute Gasteiger partial charge is 0.744 e. The molecule has 0 aliphatic heterocycles. The third-order valence-electron chi connectivity index (χ3n) is 2.74. The number of hydrogen-bond donors (Lipinski definition) is 2. The molecule has 0 bridgehead atoms. The molecule has 2 aromatic carbocycles. The standard InChI is InChI=1S/C10H8O9S3.Na/c11-20(12,13)6-4-8-7(10(5-6)22(17,18)19)2-1-3-9(8)21(14,15)16;/h1-5H,(H,11,12,13)(H,14,15,16)(H,17,18,19);/q;+1/p-1. The fourth-order valence-corrected chi connectivity index (χ4v) is 3.90. The topological polar surface area (TPSA) is 166 Å². The van der Waals surface area contributed by atoms with Crippen LogP contribution in [-0.2, 0) is 30.4 Å². The molecule has 0 aromatic heterocycles. The Labute approximate surface area is 153 Å². The van der Waals surface area contributed by atoms with E-state index >= 15 is 0 Å². The average molecular weight is 390 g/mol. The summed E-state index contributed by atoms with van der Waals surface area (Å²) in [6.45, 7) is 0. The molecule has 2 aromatic rings. The number of hydrogen-bond acceptors (Lipinski definition) is 7. The Morgan fingerprint density at radius 1 is 0.783 bits per heavy atom. The van der Waals surface area contributed by atoms with E-state index in [1.807, 2.05) is 0 Å². The van der Waals surface area contributed by atoms with E-state index in [1.54, 1.807) is 0 Å². The van der Waals surface area contributed by atoms with Crippen LogP contribution in [0, 0.1) is 0 Å². The van der Waals surface area contributed by atoms with Crippen LogP contribution in [0.15, 0.2) is 45.0 Å². The van der Waals surface area contributed by atoms with E-state index in [9.17, 15) is 29.8 Å². The Bertz CT molecular complexity index is 1090. The Morgan fingerprint density at radius 2 is 1.35 bits per heavy atom. The summed E-state index contributed by atoms with van der Waals surface area (Å²) in [7, 11) is -14.9.